The molecule has 0 aliphatic carbocycles. The molecule has 1 saturated heterocycles. The van der Waals surface area contributed by atoms with Crippen molar-refractivity contribution in [3.63, 3.8) is 0 Å². The molecule has 1 unspecified atom stereocenters. The molecule has 0 aromatic rings. The summed E-state index contributed by atoms with van der Waals surface area (Å²) in [5.74, 6) is -1.59. The van der Waals surface area contributed by atoms with Gasteiger partial charge in [0.15, 0.2) is 0 Å². The largest absolute Gasteiger partial charge is 0.331 e. The molecule has 12 heavy (non-hydrogen) atoms. The Balaban J connectivity index is 2.70. The molecule has 0 radical (unpaired) electrons. The van der Waals surface area contributed by atoms with Gasteiger partial charge in [0.25, 0.3) is 11.8 Å². The molecule has 0 N–H and O–H groups in total. The van der Waals surface area contributed by atoms with E-state index >= 15 is 0 Å². The van der Waals surface area contributed by atoms with Crippen molar-refractivity contribution in [1.82, 2.24) is 5.06 Å². The van der Waals surface area contributed by atoms with Gasteiger partial charge in [-0.15, -0.1) is 5.06 Å². The number of nitrogens with zero attached hydrogens (tertiary/aromatic N) is 1. The van der Waals surface area contributed by atoms with Crippen molar-refractivity contribution in [3.05, 3.63) is 0 Å². The standard InChI is InChI=1S/C6H6INO4/c1-3(9)12-8-5(10)2-4(7)6(8)11/h4H,2H2,1H3. The molecule has 1 heterocycles. The first-order chi connectivity index (χ1) is 5.52. The van der Waals surface area contributed by atoms with E-state index in [-0.39, 0.29) is 6.42 Å². The van der Waals surface area contributed by atoms with Crippen LogP contribution in [-0.4, -0.2) is 26.8 Å². The van der Waals surface area contributed by atoms with Crippen LogP contribution >= 0.6 is 22.6 Å². The Morgan fingerprint density at radius 1 is 1.67 bits per heavy atom. The smallest absolute Gasteiger partial charge is 0.330 e. The minimum atomic E-state index is -0.665. The summed E-state index contributed by atoms with van der Waals surface area (Å²) in [7, 11) is 0. The number of carbonyl (C=O) groups is 3. The predicted molar refractivity (Wildman–Crippen MR) is 46.0 cm³/mol. The predicted octanol–water partition coefficient (Wildman–Crippen LogP) is 0.0270. The highest BCUT2D eigenvalue weighted by molar-refractivity contribution is 14.1. The second-order valence-electron chi connectivity index (χ2n) is 2.28. The van der Waals surface area contributed by atoms with Crippen molar-refractivity contribution in [2.75, 3.05) is 0 Å². The van der Waals surface area contributed by atoms with Gasteiger partial charge in [-0.1, -0.05) is 22.6 Å². The summed E-state index contributed by atoms with van der Waals surface area (Å²) in [5, 5.41) is 0.527. The topological polar surface area (TPSA) is 63.7 Å². The van der Waals surface area contributed by atoms with Crippen LogP contribution in [0.3, 0.4) is 0 Å². The summed E-state index contributed by atoms with van der Waals surface area (Å²) in [4.78, 5) is 36.8. The average molecular weight is 283 g/mol. The first-order valence-corrected chi connectivity index (χ1v) is 4.46. The van der Waals surface area contributed by atoms with Crippen LogP contribution in [0.1, 0.15) is 13.3 Å². The van der Waals surface area contributed by atoms with Gasteiger partial charge in [0.2, 0.25) is 0 Å². The highest BCUT2D eigenvalue weighted by atomic mass is 127. The Labute approximate surface area is 82.1 Å². The van der Waals surface area contributed by atoms with Gasteiger partial charge in [-0.3, -0.25) is 9.59 Å². The van der Waals surface area contributed by atoms with Gasteiger partial charge in [0.1, 0.15) is 3.92 Å². The Morgan fingerprint density at radius 3 is 2.58 bits per heavy atom. The van der Waals surface area contributed by atoms with Crippen molar-refractivity contribution >= 4 is 40.4 Å². The van der Waals surface area contributed by atoms with Crippen molar-refractivity contribution in [3.8, 4) is 0 Å². The van der Waals surface area contributed by atoms with Crippen LogP contribution in [0.15, 0.2) is 0 Å². The Morgan fingerprint density at radius 2 is 2.25 bits per heavy atom. The van der Waals surface area contributed by atoms with E-state index in [4.69, 9.17) is 0 Å². The lowest BCUT2D eigenvalue weighted by atomic mass is 10.4. The molecule has 0 saturated carbocycles. The van der Waals surface area contributed by atoms with E-state index in [9.17, 15) is 14.4 Å². The fourth-order valence-electron chi connectivity index (χ4n) is 0.798. The van der Waals surface area contributed by atoms with Gasteiger partial charge in [-0.05, 0) is 0 Å². The third-order valence-electron chi connectivity index (χ3n) is 1.27. The first-order valence-electron chi connectivity index (χ1n) is 3.21. The number of alkyl halides is 1. The van der Waals surface area contributed by atoms with Crippen molar-refractivity contribution in [2.24, 2.45) is 0 Å². The highest BCUT2D eigenvalue weighted by Crippen LogP contribution is 2.20. The number of amides is 2. The summed E-state index contributed by atoms with van der Waals surface area (Å²) in [5.41, 5.74) is 0. The molecule has 1 atom stereocenters. The second kappa shape index (κ2) is 3.38. The molecule has 5 nitrogen and oxygen atoms in total. The lowest BCUT2D eigenvalue weighted by molar-refractivity contribution is -0.195. The van der Waals surface area contributed by atoms with Crippen LogP contribution in [-0.2, 0) is 19.2 Å². The summed E-state index contributed by atoms with van der Waals surface area (Å²) < 4.78 is -0.408. The van der Waals surface area contributed by atoms with E-state index in [1.165, 1.54) is 0 Å². The van der Waals surface area contributed by atoms with E-state index in [0.29, 0.717) is 5.06 Å². The molecule has 1 rings (SSSR count). The second-order valence-corrected chi connectivity index (χ2v) is 3.78. The number of hydrogen-bond acceptors (Lipinski definition) is 4. The van der Waals surface area contributed by atoms with Gasteiger partial charge in [0.05, 0.1) is 6.42 Å². The molecular weight excluding hydrogens is 277 g/mol. The number of halogens is 1. The normalized spacial score (nSPS) is 23.2. The summed E-state index contributed by atoms with van der Waals surface area (Å²) in [6.07, 6.45) is 0.104. The highest BCUT2D eigenvalue weighted by Gasteiger charge is 2.39. The fraction of sp³-hybridized carbons (Fsp3) is 0.500. The molecule has 6 heteroatoms. The van der Waals surface area contributed by atoms with Crippen LogP contribution in [0.5, 0.6) is 0 Å². The Hall–Kier alpha value is -0.660. The van der Waals surface area contributed by atoms with E-state index in [2.05, 4.69) is 4.84 Å². The summed E-state index contributed by atoms with van der Waals surface area (Å²) >= 11 is 1.83. The molecule has 1 aliphatic rings. The lowest BCUT2D eigenvalue weighted by Gasteiger charge is -2.10. The van der Waals surface area contributed by atoms with Crippen LogP contribution in [0.25, 0.3) is 0 Å². The molecule has 2 amide bonds. The number of hydrogen-bond donors (Lipinski definition) is 0. The maximum Gasteiger partial charge on any atom is 0.330 e. The van der Waals surface area contributed by atoms with E-state index in [1.807, 2.05) is 22.6 Å². The van der Waals surface area contributed by atoms with E-state index < -0.39 is 21.7 Å². The third kappa shape index (κ3) is 1.74. The lowest BCUT2D eigenvalue weighted by Crippen LogP contribution is -2.32. The van der Waals surface area contributed by atoms with Crippen LogP contribution < -0.4 is 0 Å². The van der Waals surface area contributed by atoms with Crippen LogP contribution in [0, 0.1) is 0 Å². The van der Waals surface area contributed by atoms with Gasteiger partial charge < -0.3 is 4.84 Å². The van der Waals surface area contributed by atoms with Gasteiger partial charge in [-0.25, -0.2) is 4.79 Å². The van der Waals surface area contributed by atoms with Crippen molar-refractivity contribution in [1.29, 1.82) is 0 Å². The zero-order chi connectivity index (χ0) is 9.30. The van der Waals surface area contributed by atoms with Gasteiger partial charge in [0, 0.05) is 6.92 Å². The fourth-order valence-corrected chi connectivity index (χ4v) is 1.43. The minimum Gasteiger partial charge on any atom is -0.331 e. The number of hydroxylamine groups is 2. The summed E-state index contributed by atoms with van der Waals surface area (Å²) in [6, 6.07) is 0. The van der Waals surface area contributed by atoms with Crippen molar-refractivity contribution in [2.45, 2.75) is 17.3 Å². The maximum absolute atomic E-state index is 11.1. The van der Waals surface area contributed by atoms with E-state index in [1.54, 1.807) is 0 Å². The van der Waals surface area contributed by atoms with Gasteiger partial charge in [-0.2, -0.15) is 0 Å². The minimum absolute atomic E-state index is 0.104. The van der Waals surface area contributed by atoms with Crippen LogP contribution in [0.4, 0.5) is 0 Å². The number of carbonyl (C=O) groups excluding carboxylic acids is 3. The molecule has 66 valence electrons. The van der Waals surface area contributed by atoms with Crippen molar-refractivity contribution < 1.29 is 19.2 Å². The molecule has 0 bridgehead atoms. The maximum atomic E-state index is 11.1. The molecule has 1 fully saturated rings. The zero-order valence-electron chi connectivity index (χ0n) is 6.24. The average Bonchev–Trinajstić information content (AvgIpc) is 2.16. The zero-order valence-corrected chi connectivity index (χ0v) is 8.40. The molecule has 0 aromatic carbocycles. The molecule has 1 aliphatic heterocycles. The van der Waals surface area contributed by atoms with Gasteiger partial charge >= 0.3 is 5.97 Å². The molecular formula is C6H6INO4. The molecule has 0 aromatic heterocycles. The Kier molecular flexibility index (Phi) is 2.65. The Bertz CT molecular complexity index is 252. The monoisotopic (exact) mass is 283 g/mol. The quantitative estimate of drug-likeness (QED) is 0.387. The number of imide groups is 1. The SMILES string of the molecule is CC(=O)ON1C(=O)CC(I)C1=O. The van der Waals surface area contributed by atoms with Crippen LogP contribution in [0.2, 0.25) is 0 Å². The molecule has 0 spiro atoms. The first kappa shape index (κ1) is 9.43. The summed E-state index contributed by atoms with van der Waals surface area (Å²) in [6.45, 7) is 1.14. The van der Waals surface area contributed by atoms with E-state index in [0.717, 1.165) is 6.92 Å². The number of rotatable bonds is 1. The third-order valence-corrected chi connectivity index (χ3v) is 2.24.